The second-order valence-corrected chi connectivity index (χ2v) is 7.53. The number of hydrogen-bond donors (Lipinski definition) is 2. The maximum atomic E-state index is 12.5. The Morgan fingerprint density at radius 1 is 1.45 bits per heavy atom. The predicted octanol–water partition coefficient (Wildman–Crippen LogP) is 2.57. The van der Waals surface area contributed by atoms with Crippen LogP contribution in [0.25, 0.3) is 0 Å². The van der Waals surface area contributed by atoms with Crippen molar-refractivity contribution in [2.24, 2.45) is 5.73 Å². The lowest BCUT2D eigenvalue weighted by Gasteiger charge is -2.34. The fourth-order valence-corrected chi connectivity index (χ4v) is 4.49. The Bertz CT molecular complexity index is 582. The second-order valence-electron chi connectivity index (χ2n) is 4.70. The van der Waals surface area contributed by atoms with E-state index in [1.165, 1.54) is 4.31 Å². The number of anilines is 1. The third-order valence-electron chi connectivity index (χ3n) is 3.34. The monoisotopic (exact) mass is 381 g/mol. The van der Waals surface area contributed by atoms with Crippen LogP contribution >= 0.6 is 27.5 Å². The van der Waals surface area contributed by atoms with Crippen LogP contribution in [0.4, 0.5) is 5.69 Å². The summed E-state index contributed by atoms with van der Waals surface area (Å²) in [4.78, 5) is 0. The van der Waals surface area contributed by atoms with E-state index >= 15 is 0 Å². The molecule has 0 radical (unpaired) electrons. The van der Waals surface area contributed by atoms with Crippen molar-refractivity contribution in [2.45, 2.75) is 25.3 Å². The quantitative estimate of drug-likeness (QED) is 0.840. The molecule has 8 heteroatoms. The summed E-state index contributed by atoms with van der Waals surface area (Å²) in [5, 5.41) is 0.458. The molecule has 20 heavy (non-hydrogen) atoms. The topological polar surface area (TPSA) is 75.4 Å². The van der Waals surface area contributed by atoms with Gasteiger partial charge in [-0.2, -0.15) is 12.7 Å². The lowest BCUT2D eigenvalue weighted by atomic mass is 10.1. The summed E-state index contributed by atoms with van der Waals surface area (Å²) >= 11 is 9.26. The fraction of sp³-hybridized carbons (Fsp3) is 0.500. The first-order chi connectivity index (χ1) is 9.45. The molecular weight excluding hydrogens is 366 g/mol. The van der Waals surface area contributed by atoms with E-state index in [1.807, 2.05) is 0 Å². The smallest absolute Gasteiger partial charge is 0.301 e. The van der Waals surface area contributed by atoms with Crippen LogP contribution < -0.4 is 10.5 Å². The lowest BCUT2D eigenvalue weighted by molar-refractivity contribution is 0.259. The molecule has 112 valence electrons. The Kier molecular flexibility index (Phi) is 5.30. The number of rotatable bonds is 4. The fourth-order valence-electron chi connectivity index (χ4n) is 2.31. The molecule has 0 bridgehead atoms. The van der Waals surface area contributed by atoms with Gasteiger partial charge in [-0.05, 0) is 40.9 Å². The Morgan fingerprint density at radius 3 is 2.90 bits per heavy atom. The molecule has 1 atom stereocenters. The molecule has 5 nitrogen and oxygen atoms in total. The zero-order chi connectivity index (χ0) is 14.8. The lowest BCUT2D eigenvalue weighted by Crippen LogP contribution is -2.49. The SMILES string of the molecule is NCC1CCCCN1S(=O)(=O)Nc1cccc(Cl)c1Br. The van der Waals surface area contributed by atoms with Gasteiger partial charge in [0.1, 0.15) is 0 Å². The minimum atomic E-state index is -3.62. The molecule has 1 heterocycles. The van der Waals surface area contributed by atoms with Crippen molar-refractivity contribution in [3.63, 3.8) is 0 Å². The highest BCUT2D eigenvalue weighted by Crippen LogP contribution is 2.31. The van der Waals surface area contributed by atoms with Gasteiger partial charge < -0.3 is 5.73 Å². The molecule has 1 unspecified atom stereocenters. The van der Waals surface area contributed by atoms with Gasteiger partial charge in [0.2, 0.25) is 0 Å². The molecule has 1 saturated heterocycles. The van der Waals surface area contributed by atoms with E-state index in [9.17, 15) is 8.42 Å². The predicted molar refractivity (Wildman–Crippen MR) is 85.1 cm³/mol. The normalized spacial score (nSPS) is 20.9. The van der Waals surface area contributed by atoms with Crippen molar-refractivity contribution in [3.05, 3.63) is 27.7 Å². The maximum Gasteiger partial charge on any atom is 0.301 e. The summed E-state index contributed by atoms with van der Waals surface area (Å²) in [6.45, 7) is 0.826. The van der Waals surface area contributed by atoms with Crippen molar-refractivity contribution in [1.29, 1.82) is 0 Å². The molecule has 1 aliphatic rings. The number of halogens is 2. The first kappa shape index (κ1) is 16.0. The zero-order valence-electron chi connectivity index (χ0n) is 10.9. The maximum absolute atomic E-state index is 12.5. The first-order valence-electron chi connectivity index (χ1n) is 6.39. The van der Waals surface area contributed by atoms with Gasteiger partial charge in [0.15, 0.2) is 0 Å². The van der Waals surface area contributed by atoms with Crippen molar-refractivity contribution in [2.75, 3.05) is 17.8 Å². The van der Waals surface area contributed by atoms with Crippen molar-refractivity contribution in [1.82, 2.24) is 4.31 Å². The molecule has 1 aromatic rings. The van der Waals surface area contributed by atoms with Crippen LogP contribution in [0, 0.1) is 0 Å². The van der Waals surface area contributed by atoms with Crippen molar-refractivity contribution >= 4 is 43.4 Å². The number of benzene rings is 1. The Labute approximate surface area is 132 Å². The highest BCUT2D eigenvalue weighted by Gasteiger charge is 2.31. The van der Waals surface area contributed by atoms with Gasteiger partial charge >= 0.3 is 10.2 Å². The third-order valence-corrected chi connectivity index (χ3v) is 6.32. The second kappa shape index (κ2) is 6.62. The molecule has 1 aliphatic heterocycles. The average Bonchev–Trinajstić information content (AvgIpc) is 2.43. The van der Waals surface area contributed by atoms with E-state index in [2.05, 4.69) is 20.7 Å². The summed E-state index contributed by atoms with van der Waals surface area (Å²) in [6.07, 6.45) is 2.66. The third kappa shape index (κ3) is 3.46. The molecular formula is C12H17BrClN3O2S. The number of nitrogens with one attached hydrogen (secondary N) is 1. The van der Waals surface area contributed by atoms with Crippen LogP contribution in [0.3, 0.4) is 0 Å². The highest BCUT2D eigenvalue weighted by atomic mass is 79.9. The van der Waals surface area contributed by atoms with Gasteiger partial charge in [0, 0.05) is 19.1 Å². The molecule has 0 spiro atoms. The largest absolute Gasteiger partial charge is 0.329 e. The van der Waals surface area contributed by atoms with E-state index in [0.29, 0.717) is 28.3 Å². The van der Waals surface area contributed by atoms with E-state index in [1.54, 1.807) is 18.2 Å². The van der Waals surface area contributed by atoms with Gasteiger partial charge in [-0.1, -0.05) is 24.1 Å². The van der Waals surface area contributed by atoms with E-state index in [4.69, 9.17) is 17.3 Å². The number of piperidine rings is 1. The van der Waals surface area contributed by atoms with Crippen LogP contribution in [0.2, 0.25) is 5.02 Å². The highest BCUT2D eigenvalue weighted by molar-refractivity contribution is 9.10. The van der Waals surface area contributed by atoms with Gasteiger partial charge in [0.25, 0.3) is 0 Å². The van der Waals surface area contributed by atoms with Gasteiger partial charge in [0.05, 0.1) is 15.2 Å². The summed E-state index contributed by atoms with van der Waals surface area (Å²) in [5.41, 5.74) is 6.10. The number of nitrogens with zero attached hydrogens (tertiary/aromatic N) is 1. The summed E-state index contributed by atoms with van der Waals surface area (Å²) in [5.74, 6) is 0. The zero-order valence-corrected chi connectivity index (χ0v) is 14.0. The minimum absolute atomic E-state index is 0.140. The van der Waals surface area contributed by atoms with E-state index < -0.39 is 10.2 Å². The van der Waals surface area contributed by atoms with E-state index in [0.717, 1.165) is 19.3 Å². The summed E-state index contributed by atoms with van der Waals surface area (Å²) in [6, 6.07) is 4.91. The van der Waals surface area contributed by atoms with Crippen LogP contribution in [-0.2, 0) is 10.2 Å². The molecule has 3 N–H and O–H groups in total. The van der Waals surface area contributed by atoms with Crippen molar-refractivity contribution < 1.29 is 8.42 Å². The first-order valence-corrected chi connectivity index (χ1v) is 9.00. The van der Waals surface area contributed by atoms with Crippen LogP contribution in [0.5, 0.6) is 0 Å². The number of nitrogens with two attached hydrogens (primary N) is 1. The summed E-state index contributed by atoms with van der Waals surface area (Å²) in [7, 11) is -3.62. The molecule has 0 amide bonds. The Morgan fingerprint density at radius 2 is 2.20 bits per heavy atom. The molecule has 1 aromatic carbocycles. The molecule has 0 aromatic heterocycles. The molecule has 1 fully saturated rings. The van der Waals surface area contributed by atoms with Crippen LogP contribution in [0.15, 0.2) is 22.7 Å². The number of hydrogen-bond acceptors (Lipinski definition) is 3. The Balaban J connectivity index is 2.24. The van der Waals surface area contributed by atoms with Gasteiger partial charge in [-0.15, -0.1) is 0 Å². The van der Waals surface area contributed by atoms with Crippen LogP contribution in [0.1, 0.15) is 19.3 Å². The van der Waals surface area contributed by atoms with E-state index in [-0.39, 0.29) is 6.04 Å². The molecule has 2 rings (SSSR count). The standard InChI is InChI=1S/C12H17BrClN3O2S/c13-12-10(14)5-3-6-11(12)16-20(18,19)17-7-2-1-4-9(17)8-15/h3,5-6,9,16H,1-2,4,7-8,15H2. The molecule has 0 aliphatic carbocycles. The van der Waals surface area contributed by atoms with Gasteiger partial charge in [-0.3, -0.25) is 4.72 Å². The summed E-state index contributed by atoms with van der Waals surface area (Å²) < 4.78 is 29.5. The molecule has 0 saturated carbocycles. The van der Waals surface area contributed by atoms with Crippen LogP contribution in [-0.4, -0.2) is 31.9 Å². The average molecular weight is 383 g/mol. The minimum Gasteiger partial charge on any atom is -0.329 e. The van der Waals surface area contributed by atoms with Gasteiger partial charge in [-0.25, -0.2) is 0 Å². The van der Waals surface area contributed by atoms with Crippen molar-refractivity contribution in [3.8, 4) is 0 Å². The Hall–Kier alpha value is -0.340.